The molecule has 3 heterocycles. The quantitative estimate of drug-likeness (QED) is 0.704. The molecule has 2 saturated heterocycles. The van der Waals surface area contributed by atoms with Crippen LogP contribution in [0.5, 0.6) is 0 Å². The van der Waals surface area contributed by atoms with Crippen molar-refractivity contribution in [2.24, 2.45) is 5.92 Å². The summed E-state index contributed by atoms with van der Waals surface area (Å²) in [7, 11) is -0.455. The van der Waals surface area contributed by atoms with Crippen LogP contribution in [0, 0.1) is 5.92 Å². The van der Waals surface area contributed by atoms with Crippen LogP contribution in [0.3, 0.4) is 0 Å². The Bertz CT molecular complexity index is 707. The topological polar surface area (TPSA) is 67.8 Å². The van der Waals surface area contributed by atoms with Crippen LogP contribution in [0.1, 0.15) is 61.3 Å². The summed E-state index contributed by atoms with van der Waals surface area (Å²) in [6, 6.07) is 0.269. The van der Waals surface area contributed by atoms with Crippen LogP contribution in [0.2, 0.25) is 0 Å². The molecule has 7 nitrogen and oxygen atoms in total. The number of aromatic nitrogens is 2. The largest absolute Gasteiger partial charge is 0.498 e. The first kappa shape index (κ1) is 22.0. The molecular weight excluding hydrogens is 367 g/mol. The highest BCUT2D eigenvalue weighted by molar-refractivity contribution is 6.61. The minimum atomic E-state index is -0.455. The normalized spacial score (nSPS) is 23.5. The Hall–Kier alpha value is -1.67. The fourth-order valence-corrected chi connectivity index (χ4v) is 3.88. The van der Waals surface area contributed by atoms with Crippen molar-refractivity contribution in [3.8, 4) is 0 Å². The average Bonchev–Trinajstić information content (AvgIpc) is 2.87. The number of carbonyl (C=O) groups excluding carboxylic acids is 1. The molecule has 2 fully saturated rings. The second-order valence-electron chi connectivity index (χ2n) is 9.62. The number of hydrogen-bond acceptors (Lipinski definition) is 6. The van der Waals surface area contributed by atoms with Gasteiger partial charge in [0, 0.05) is 50.5 Å². The van der Waals surface area contributed by atoms with E-state index in [1.165, 1.54) is 0 Å². The van der Waals surface area contributed by atoms with Gasteiger partial charge in [-0.3, -0.25) is 4.79 Å². The zero-order chi connectivity index (χ0) is 21.4. The minimum absolute atomic E-state index is 0.161. The van der Waals surface area contributed by atoms with E-state index in [9.17, 15) is 4.79 Å². The lowest BCUT2D eigenvalue weighted by molar-refractivity contribution is -0.130. The number of piperidine rings is 1. The maximum Gasteiger partial charge on any atom is 0.498 e. The summed E-state index contributed by atoms with van der Waals surface area (Å²) < 4.78 is 12.2. The van der Waals surface area contributed by atoms with Gasteiger partial charge in [-0.2, -0.15) is 0 Å². The van der Waals surface area contributed by atoms with E-state index in [4.69, 9.17) is 9.31 Å². The average molecular weight is 402 g/mol. The van der Waals surface area contributed by atoms with Crippen molar-refractivity contribution < 1.29 is 14.1 Å². The van der Waals surface area contributed by atoms with Crippen LogP contribution in [-0.4, -0.2) is 64.8 Å². The van der Waals surface area contributed by atoms with Crippen LogP contribution in [0.15, 0.2) is 12.4 Å². The van der Waals surface area contributed by atoms with Gasteiger partial charge in [-0.1, -0.05) is 0 Å². The van der Waals surface area contributed by atoms with E-state index in [1.54, 1.807) is 6.92 Å². The lowest BCUT2D eigenvalue weighted by Gasteiger charge is -2.36. The van der Waals surface area contributed by atoms with Crippen molar-refractivity contribution in [3.05, 3.63) is 12.4 Å². The van der Waals surface area contributed by atoms with Crippen LogP contribution in [0.25, 0.3) is 0 Å². The predicted molar refractivity (Wildman–Crippen MR) is 115 cm³/mol. The summed E-state index contributed by atoms with van der Waals surface area (Å²) in [6.07, 6.45) is 5.79. The monoisotopic (exact) mass is 402 g/mol. The molecule has 0 saturated carbocycles. The van der Waals surface area contributed by atoms with Gasteiger partial charge < -0.3 is 19.1 Å². The van der Waals surface area contributed by atoms with Crippen molar-refractivity contribution in [2.45, 2.75) is 78.6 Å². The van der Waals surface area contributed by atoms with Gasteiger partial charge in [-0.05, 0) is 60.3 Å². The molecule has 1 amide bonds. The highest BCUT2D eigenvalue weighted by atomic mass is 16.7. The molecule has 3 rings (SSSR count). The van der Waals surface area contributed by atoms with E-state index >= 15 is 0 Å². The van der Waals surface area contributed by atoms with Gasteiger partial charge in [0.2, 0.25) is 11.9 Å². The third-order valence-electron chi connectivity index (χ3n) is 6.48. The molecule has 0 bridgehead atoms. The lowest BCUT2D eigenvalue weighted by Crippen LogP contribution is -2.45. The molecule has 2 aliphatic heterocycles. The second-order valence-corrected chi connectivity index (χ2v) is 9.62. The molecule has 8 heteroatoms. The summed E-state index contributed by atoms with van der Waals surface area (Å²) in [4.78, 5) is 25.2. The fraction of sp³-hybridized carbons (Fsp3) is 0.762. The molecule has 160 valence electrons. The van der Waals surface area contributed by atoms with Crippen LogP contribution < -0.4 is 10.4 Å². The number of likely N-dealkylation sites (tertiary alicyclic amines) is 1. The second kappa shape index (κ2) is 8.22. The van der Waals surface area contributed by atoms with E-state index in [0.29, 0.717) is 11.9 Å². The summed E-state index contributed by atoms with van der Waals surface area (Å²) >= 11 is 0. The van der Waals surface area contributed by atoms with Crippen molar-refractivity contribution in [3.63, 3.8) is 0 Å². The lowest BCUT2D eigenvalue weighted by atomic mass is 9.81. The first-order chi connectivity index (χ1) is 13.5. The third-order valence-corrected chi connectivity index (χ3v) is 6.48. The van der Waals surface area contributed by atoms with Crippen LogP contribution >= 0.6 is 0 Å². The predicted octanol–water partition coefficient (Wildman–Crippen LogP) is 2.25. The van der Waals surface area contributed by atoms with E-state index in [0.717, 1.165) is 37.9 Å². The van der Waals surface area contributed by atoms with Crippen molar-refractivity contribution in [1.29, 1.82) is 0 Å². The van der Waals surface area contributed by atoms with Gasteiger partial charge in [-0.15, -0.1) is 0 Å². The standard InChI is InChI=1S/C21H35BN4O3/c1-15(2)26(14-17-9-8-10-25(13-17)16(3)27)19-23-11-18(12-24-19)22-28-20(4,5)21(6,7)29-22/h11-12,15,17H,8-10,13-14H2,1-7H3. The van der Waals surface area contributed by atoms with Crippen molar-refractivity contribution in [2.75, 3.05) is 24.5 Å². The smallest absolute Gasteiger partial charge is 0.399 e. The van der Waals surface area contributed by atoms with E-state index in [1.807, 2.05) is 45.0 Å². The number of rotatable bonds is 5. The van der Waals surface area contributed by atoms with Gasteiger partial charge in [0.05, 0.1) is 11.2 Å². The molecule has 2 aliphatic rings. The zero-order valence-corrected chi connectivity index (χ0v) is 18.9. The maximum atomic E-state index is 11.8. The summed E-state index contributed by atoms with van der Waals surface area (Å²) in [5.74, 6) is 1.30. The number of anilines is 1. The summed E-state index contributed by atoms with van der Waals surface area (Å²) in [6.45, 7) is 16.6. The molecule has 0 radical (unpaired) electrons. The third kappa shape index (κ3) is 4.74. The number of amides is 1. The van der Waals surface area contributed by atoms with E-state index in [2.05, 4.69) is 28.7 Å². The molecule has 1 atom stereocenters. The van der Waals surface area contributed by atoms with E-state index in [-0.39, 0.29) is 23.2 Å². The Morgan fingerprint density at radius 3 is 2.34 bits per heavy atom. The molecule has 0 spiro atoms. The first-order valence-electron chi connectivity index (χ1n) is 10.7. The van der Waals surface area contributed by atoms with Gasteiger partial charge >= 0.3 is 7.12 Å². The van der Waals surface area contributed by atoms with Crippen LogP contribution in [0.4, 0.5) is 5.95 Å². The van der Waals surface area contributed by atoms with Gasteiger partial charge in [0.1, 0.15) is 0 Å². The Balaban J connectivity index is 1.70. The molecule has 1 unspecified atom stereocenters. The molecule has 1 aromatic rings. The summed E-state index contributed by atoms with van der Waals surface area (Å²) in [5.41, 5.74) is 0.0600. The molecule has 1 aromatic heterocycles. The van der Waals surface area contributed by atoms with Crippen molar-refractivity contribution in [1.82, 2.24) is 14.9 Å². The first-order valence-corrected chi connectivity index (χ1v) is 10.7. The van der Waals surface area contributed by atoms with Crippen LogP contribution in [-0.2, 0) is 14.1 Å². The molecule has 0 aliphatic carbocycles. The van der Waals surface area contributed by atoms with Crippen molar-refractivity contribution >= 4 is 24.4 Å². The molecule has 0 aromatic carbocycles. The molecular formula is C21H35BN4O3. The minimum Gasteiger partial charge on any atom is -0.399 e. The van der Waals surface area contributed by atoms with Gasteiger partial charge in [0.15, 0.2) is 0 Å². The Kier molecular flexibility index (Phi) is 6.25. The van der Waals surface area contributed by atoms with Gasteiger partial charge in [0.25, 0.3) is 0 Å². The molecule has 29 heavy (non-hydrogen) atoms. The number of nitrogens with zero attached hydrogens (tertiary/aromatic N) is 4. The van der Waals surface area contributed by atoms with E-state index < -0.39 is 7.12 Å². The Labute approximate surface area is 175 Å². The fourth-order valence-electron chi connectivity index (χ4n) is 3.88. The SMILES string of the molecule is CC(=O)N1CCCC(CN(c2ncc(B3OC(C)(C)C(C)(C)O3)cn2)C(C)C)C1. The summed E-state index contributed by atoms with van der Waals surface area (Å²) in [5, 5.41) is 0. The highest BCUT2D eigenvalue weighted by Gasteiger charge is 2.52. The number of carbonyl (C=O) groups is 1. The van der Waals surface area contributed by atoms with Gasteiger partial charge in [-0.25, -0.2) is 9.97 Å². The highest BCUT2D eigenvalue weighted by Crippen LogP contribution is 2.36. The Morgan fingerprint density at radius 2 is 1.83 bits per heavy atom. The number of hydrogen-bond donors (Lipinski definition) is 0. The molecule has 0 N–H and O–H groups in total. The maximum absolute atomic E-state index is 11.8. The Morgan fingerprint density at radius 1 is 1.24 bits per heavy atom. The zero-order valence-electron chi connectivity index (χ0n) is 18.9.